The molecule has 32 valence electrons. The molecule has 0 saturated carbocycles. The average Bonchev–Trinajstić information content (AvgIpc) is 0.918. The first kappa shape index (κ1) is 18.5. The Morgan fingerprint density at radius 1 is 1.00 bits per heavy atom. The summed E-state index contributed by atoms with van der Waals surface area (Å²) in [4.78, 5) is 0. The van der Waals surface area contributed by atoms with E-state index in [-0.39, 0.29) is 14.9 Å². The van der Waals surface area contributed by atoms with Gasteiger partial charge in [-0.3, -0.25) is 0 Å². The molecule has 5 heavy (non-hydrogen) atoms. The molecule has 0 radical (unpaired) electrons. The first-order chi connectivity index (χ1) is 1.41. The van der Waals surface area contributed by atoms with Crippen molar-refractivity contribution in [2.75, 3.05) is 0 Å². The number of hydrogen-bond donors (Lipinski definition) is 0. The maximum absolute atomic E-state index is 8.50. The van der Waals surface area contributed by atoms with E-state index in [0.29, 0.717) is 0 Å². The van der Waals surface area contributed by atoms with E-state index in [0.717, 1.165) is 0 Å². The van der Waals surface area contributed by atoms with Crippen LogP contribution < -0.4 is 0 Å². The summed E-state index contributed by atoms with van der Waals surface area (Å²) in [6, 6.07) is 0. The molecule has 0 N–H and O–H groups in total. The van der Waals surface area contributed by atoms with Crippen LogP contribution >= 0.6 is 0 Å². The van der Waals surface area contributed by atoms with E-state index in [9.17, 15) is 0 Å². The van der Waals surface area contributed by atoms with Crippen LogP contribution in [0.2, 0.25) is 0 Å². The zero-order chi connectivity index (χ0) is 2.71. The molecule has 0 aliphatic heterocycles. The van der Waals surface area contributed by atoms with Crippen LogP contribution in [-0.2, 0) is 25.7 Å². The zero-order valence-electron chi connectivity index (χ0n) is 3.32. The second-order valence-electron chi connectivity index (χ2n) is 0.0833. The Kier molecular flexibility index (Phi) is 101. The third kappa shape index (κ3) is 234. The van der Waals surface area contributed by atoms with E-state index < -0.39 is 19.1 Å². The van der Waals surface area contributed by atoms with E-state index in [2.05, 4.69) is 0 Å². The minimum atomic E-state index is -2.00. The predicted octanol–water partition coefficient (Wildman–Crippen LogP) is 0.660. The molecule has 0 unspecified atom stereocenters. The van der Waals surface area contributed by atoms with Crippen LogP contribution in [0.25, 0.3) is 0 Å². The van der Waals surface area contributed by atoms with Crippen LogP contribution in [0, 0.1) is 14.9 Å². The van der Waals surface area contributed by atoms with Gasteiger partial charge in [-0.2, -0.15) is 0 Å². The van der Waals surface area contributed by atoms with Crippen LogP contribution in [-0.4, -0.2) is 0 Å². The van der Waals surface area contributed by atoms with Crippen molar-refractivity contribution in [1.29, 1.82) is 0 Å². The van der Waals surface area contributed by atoms with Crippen molar-refractivity contribution >= 4 is 0 Å². The van der Waals surface area contributed by atoms with Gasteiger partial charge in [0.25, 0.3) is 0 Å². The summed E-state index contributed by atoms with van der Waals surface area (Å²) >= 11 is -2.00. The first-order valence-corrected chi connectivity index (χ1v) is 1.68. The van der Waals surface area contributed by atoms with Gasteiger partial charge in [-0.25, -0.2) is 0 Å². The van der Waals surface area contributed by atoms with Crippen LogP contribution in [0.1, 0.15) is 0 Å². The summed E-state index contributed by atoms with van der Waals surface area (Å²) in [6.07, 6.45) is 0. The molecule has 0 aliphatic rings. The Morgan fingerprint density at radius 2 is 1.00 bits per heavy atom. The molecule has 3 heteroatoms. The van der Waals surface area contributed by atoms with E-state index in [1.807, 2.05) is 0 Å². The fourth-order valence-electron chi connectivity index (χ4n) is 0. The predicted molar refractivity (Wildman–Crippen MR) is 14.2 cm³/mol. The Labute approximate surface area is 41.1 Å². The van der Waals surface area contributed by atoms with Gasteiger partial charge in [0.05, 0.1) is 0 Å². The fourth-order valence-corrected chi connectivity index (χ4v) is 0. The molecule has 2 nitrogen and oxygen atoms in total. The van der Waals surface area contributed by atoms with E-state index in [4.69, 9.17) is 6.65 Å². The van der Waals surface area contributed by atoms with Crippen molar-refractivity contribution in [3.63, 3.8) is 0 Å². The Hall–Kier alpha value is 0.314. The van der Waals surface area contributed by atoms with Gasteiger partial charge in [0.15, 0.2) is 0 Å². The van der Waals surface area contributed by atoms with Crippen LogP contribution in [0.5, 0.6) is 0 Å². The first-order valence-electron chi connectivity index (χ1n) is 0.408. The Morgan fingerprint density at radius 3 is 1.00 bits per heavy atom. The number of hydrogen-bond acceptors (Lipinski definition) is 2. The van der Waals surface area contributed by atoms with Crippen molar-refractivity contribution < 1.29 is 25.7 Å². The second kappa shape index (κ2) is 27.4. The van der Waals surface area contributed by atoms with E-state index in [1.165, 1.54) is 0 Å². The van der Waals surface area contributed by atoms with Gasteiger partial charge in [-0.15, -0.1) is 0 Å². The molecule has 0 fully saturated rings. The average molecular weight is 110 g/mol. The summed E-state index contributed by atoms with van der Waals surface area (Å²) in [5, 5.41) is 0. The molecule has 0 spiro atoms. The second-order valence-corrected chi connectivity index (χ2v) is 0.344. The number of rotatable bonds is 0. The zero-order valence-corrected chi connectivity index (χ0v) is 4.88. The van der Waals surface area contributed by atoms with Gasteiger partial charge in [-0.1, -0.05) is 0 Å². The van der Waals surface area contributed by atoms with Gasteiger partial charge in [0.1, 0.15) is 0 Å². The van der Waals surface area contributed by atoms with Crippen molar-refractivity contribution in [3.8, 4) is 0 Å². The summed E-state index contributed by atoms with van der Waals surface area (Å²) < 4.78 is 17.0. The van der Waals surface area contributed by atoms with Crippen LogP contribution in [0.15, 0.2) is 0 Å². The molecule has 0 aromatic heterocycles. The quantitative estimate of drug-likeness (QED) is 0.339. The molecule has 0 aliphatic carbocycles. The van der Waals surface area contributed by atoms with Gasteiger partial charge in [0.2, 0.25) is 0 Å². The third-order valence-electron chi connectivity index (χ3n) is 0. The van der Waals surface area contributed by atoms with Crippen LogP contribution in [0.3, 0.4) is 0 Å². The van der Waals surface area contributed by atoms with Gasteiger partial charge in [-0.05, 0) is 0 Å². The molecule has 0 bridgehead atoms. The standard InChI is InChI=1S/2CH3.2O.Ti/h2*1H3;;;/q2*-1;;;. The third-order valence-corrected chi connectivity index (χ3v) is 0. The molecule has 0 heterocycles. The molecule has 0 aromatic carbocycles. The van der Waals surface area contributed by atoms with Gasteiger partial charge < -0.3 is 14.9 Å². The van der Waals surface area contributed by atoms with E-state index >= 15 is 0 Å². The maximum atomic E-state index is 8.50. The summed E-state index contributed by atoms with van der Waals surface area (Å²) in [7, 11) is 0. The van der Waals surface area contributed by atoms with Crippen molar-refractivity contribution in [2.24, 2.45) is 0 Å². The normalized spacial score (nSPS) is 1.60. The molecule has 0 aromatic rings. The molecule has 0 saturated heterocycles. The van der Waals surface area contributed by atoms with Crippen LogP contribution in [0.4, 0.5) is 0 Å². The monoisotopic (exact) mass is 110 g/mol. The summed E-state index contributed by atoms with van der Waals surface area (Å²) in [5.74, 6) is 0. The molecule has 0 atom stereocenters. The van der Waals surface area contributed by atoms with Crippen molar-refractivity contribution in [2.45, 2.75) is 0 Å². The van der Waals surface area contributed by atoms with E-state index in [1.54, 1.807) is 0 Å². The molecular weight excluding hydrogens is 104 g/mol. The summed E-state index contributed by atoms with van der Waals surface area (Å²) in [6.45, 7) is 0. The van der Waals surface area contributed by atoms with Gasteiger partial charge >= 0.3 is 25.7 Å². The Balaban J connectivity index is -0.0000000200. The molecule has 0 rings (SSSR count). The summed E-state index contributed by atoms with van der Waals surface area (Å²) in [5.41, 5.74) is 0. The molecular formula is C2H6O2Ti-2. The van der Waals surface area contributed by atoms with Gasteiger partial charge in [0, 0.05) is 0 Å². The fraction of sp³-hybridized carbons (Fsp3) is 0. The minimum absolute atomic E-state index is 0. The Bertz CT molecular complexity index is 28.6. The van der Waals surface area contributed by atoms with Crippen molar-refractivity contribution in [1.82, 2.24) is 0 Å². The SMILES string of the molecule is [CH3-].[CH3-].[O]=[Ti]=[O]. The topological polar surface area (TPSA) is 34.1 Å². The van der Waals surface area contributed by atoms with Crippen molar-refractivity contribution in [3.05, 3.63) is 14.9 Å². The molecule has 0 amide bonds.